The van der Waals surface area contributed by atoms with Crippen LogP contribution in [-0.4, -0.2) is 43.3 Å². The monoisotopic (exact) mass is 268 g/mol. The molecular formula is C16H32N2O. The Labute approximate surface area is 118 Å². The first-order valence-corrected chi connectivity index (χ1v) is 7.67. The van der Waals surface area contributed by atoms with Gasteiger partial charge in [-0.15, -0.1) is 0 Å². The molecular weight excluding hydrogens is 236 g/mol. The SMILES string of the molecule is CN(CC(C)(C)C)CC1(N)C2CCCOC2C1(C)C. The standard InChI is InChI=1S/C16H32N2O/c1-14(2,3)10-18(6)11-16(17)12-8-7-9-19-13(12)15(16,4)5/h12-13H,7-11,17H2,1-6H3. The Kier molecular flexibility index (Phi) is 3.79. The molecule has 0 bridgehead atoms. The number of likely N-dealkylation sites (N-methyl/N-ethyl adjacent to an activating group) is 1. The molecule has 0 amide bonds. The van der Waals surface area contributed by atoms with Crippen molar-refractivity contribution in [2.75, 3.05) is 26.7 Å². The highest BCUT2D eigenvalue weighted by Crippen LogP contribution is 2.57. The summed E-state index contributed by atoms with van der Waals surface area (Å²) >= 11 is 0. The first kappa shape index (κ1) is 15.3. The van der Waals surface area contributed by atoms with Gasteiger partial charge >= 0.3 is 0 Å². The smallest absolute Gasteiger partial charge is 0.0690 e. The molecule has 19 heavy (non-hydrogen) atoms. The molecule has 0 aromatic rings. The maximum absolute atomic E-state index is 6.83. The zero-order valence-corrected chi connectivity index (χ0v) is 13.6. The van der Waals surface area contributed by atoms with Crippen molar-refractivity contribution in [1.82, 2.24) is 4.90 Å². The van der Waals surface area contributed by atoms with Crippen LogP contribution in [0, 0.1) is 16.7 Å². The molecule has 0 radical (unpaired) electrons. The molecule has 0 aromatic heterocycles. The molecule has 2 N–H and O–H groups in total. The summed E-state index contributed by atoms with van der Waals surface area (Å²) < 4.78 is 5.97. The third-order valence-corrected chi connectivity index (χ3v) is 5.17. The second-order valence-corrected chi connectivity index (χ2v) is 8.54. The molecule has 2 rings (SSSR count). The van der Waals surface area contributed by atoms with E-state index >= 15 is 0 Å². The molecule has 0 spiro atoms. The Hall–Kier alpha value is -0.120. The second-order valence-electron chi connectivity index (χ2n) is 8.54. The zero-order valence-electron chi connectivity index (χ0n) is 13.6. The van der Waals surface area contributed by atoms with Crippen LogP contribution in [0.3, 0.4) is 0 Å². The Balaban J connectivity index is 2.05. The number of ether oxygens (including phenoxy) is 1. The minimum atomic E-state index is -0.0991. The molecule has 1 saturated heterocycles. The second kappa shape index (κ2) is 4.71. The van der Waals surface area contributed by atoms with E-state index in [1.807, 2.05) is 0 Å². The molecule has 3 nitrogen and oxygen atoms in total. The fraction of sp³-hybridized carbons (Fsp3) is 1.00. The molecule has 0 aromatic carbocycles. The molecule has 112 valence electrons. The van der Waals surface area contributed by atoms with E-state index in [0.29, 0.717) is 17.4 Å². The summed E-state index contributed by atoms with van der Waals surface area (Å²) in [6.07, 6.45) is 2.77. The van der Waals surface area contributed by atoms with Gasteiger partial charge in [0.25, 0.3) is 0 Å². The predicted octanol–water partition coefficient (Wildman–Crippen LogP) is 2.50. The molecule has 3 atom stereocenters. The minimum Gasteiger partial charge on any atom is -0.377 e. The van der Waals surface area contributed by atoms with E-state index in [0.717, 1.165) is 19.7 Å². The van der Waals surface area contributed by atoms with Gasteiger partial charge in [-0.05, 0) is 25.3 Å². The Bertz CT molecular complexity index is 334. The fourth-order valence-corrected chi connectivity index (χ4v) is 4.30. The van der Waals surface area contributed by atoms with E-state index in [2.05, 4.69) is 46.6 Å². The molecule has 2 aliphatic rings. The van der Waals surface area contributed by atoms with Crippen molar-refractivity contribution in [3.63, 3.8) is 0 Å². The number of rotatable bonds is 3. The van der Waals surface area contributed by atoms with E-state index in [9.17, 15) is 0 Å². The minimum absolute atomic E-state index is 0.0875. The highest BCUT2D eigenvalue weighted by atomic mass is 16.5. The van der Waals surface area contributed by atoms with Gasteiger partial charge in [0.15, 0.2) is 0 Å². The lowest BCUT2D eigenvalue weighted by Gasteiger charge is -2.67. The summed E-state index contributed by atoms with van der Waals surface area (Å²) in [4.78, 5) is 2.41. The molecule has 1 aliphatic heterocycles. The van der Waals surface area contributed by atoms with Gasteiger partial charge in [0.05, 0.1) is 6.10 Å². The quantitative estimate of drug-likeness (QED) is 0.854. The normalized spacial score (nSPS) is 37.9. The van der Waals surface area contributed by atoms with Crippen molar-refractivity contribution in [3.8, 4) is 0 Å². The molecule has 1 aliphatic carbocycles. The van der Waals surface area contributed by atoms with Crippen LogP contribution < -0.4 is 5.73 Å². The van der Waals surface area contributed by atoms with E-state index in [1.165, 1.54) is 12.8 Å². The highest BCUT2D eigenvalue weighted by molar-refractivity contribution is 5.20. The van der Waals surface area contributed by atoms with Crippen molar-refractivity contribution in [2.45, 2.75) is 59.1 Å². The lowest BCUT2D eigenvalue weighted by atomic mass is 9.46. The average molecular weight is 268 g/mol. The van der Waals surface area contributed by atoms with Crippen LogP contribution in [0.1, 0.15) is 47.5 Å². The van der Waals surface area contributed by atoms with Gasteiger partial charge in [0.2, 0.25) is 0 Å². The number of nitrogens with two attached hydrogens (primary N) is 1. The van der Waals surface area contributed by atoms with Crippen LogP contribution in [0.2, 0.25) is 0 Å². The predicted molar refractivity (Wildman–Crippen MR) is 80.1 cm³/mol. The van der Waals surface area contributed by atoms with Crippen molar-refractivity contribution >= 4 is 0 Å². The lowest BCUT2D eigenvalue weighted by Crippen LogP contribution is -2.80. The van der Waals surface area contributed by atoms with Crippen molar-refractivity contribution < 1.29 is 4.74 Å². The van der Waals surface area contributed by atoms with Gasteiger partial charge in [-0.1, -0.05) is 34.6 Å². The van der Waals surface area contributed by atoms with Gasteiger partial charge in [-0.25, -0.2) is 0 Å². The van der Waals surface area contributed by atoms with Crippen molar-refractivity contribution in [1.29, 1.82) is 0 Å². The summed E-state index contributed by atoms with van der Waals surface area (Å²) in [5.41, 5.74) is 7.14. The number of fused-ring (bicyclic) bond motifs is 1. The number of nitrogens with zero attached hydrogens (tertiary/aromatic N) is 1. The van der Waals surface area contributed by atoms with E-state index in [-0.39, 0.29) is 11.0 Å². The van der Waals surface area contributed by atoms with Crippen molar-refractivity contribution in [2.24, 2.45) is 22.5 Å². The van der Waals surface area contributed by atoms with Crippen LogP contribution in [-0.2, 0) is 4.74 Å². The number of hydrogen-bond acceptors (Lipinski definition) is 3. The summed E-state index contributed by atoms with van der Waals surface area (Å²) in [5.74, 6) is 0.540. The van der Waals surface area contributed by atoms with Crippen LogP contribution in [0.25, 0.3) is 0 Å². The molecule has 3 heteroatoms. The summed E-state index contributed by atoms with van der Waals surface area (Å²) in [7, 11) is 2.20. The summed E-state index contributed by atoms with van der Waals surface area (Å²) in [6.45, 7) is 14.4. The molecule has 1 heterocycles. The Morgan fingerprint density at radius 2 is 1.95 bits per heavy atom. The van der Waals surface area contributed by atoms with Crippen molar-refractivity contribution in [3.05, 3.63) is 0 Å². The Morgan fingerprint density at radius 1 is 1.32 bits per heavy atom. The summed E-state index contributed by atoms with van der Waals surface area (Å²) in [5, 5.41) is 0. The molecule has 3 unspecified atom stereocenters. The fourth-order valence-electron chi connectivity index (χ4n) is 4.30. The highest BCUT2D eigenvalue weighted by Gasteiger charge is 2.66. The largest absolute Gasteiger partial charge is 0.377 e. The average Bonchev–Trinajstić information content (AvgIpc) is 2.26. The van der Waals surface area contributed by atoms with Gasteiger partial charge in [-0.3, -0.25) is 0 Å². The third-order valence-electron chi connectivity index (χ3n) is 5.17. The maximum Gasteiger partial charge on any atom is 0.0690 e. The van der Waals surface area contributed by atoms with E-state index in [1.54, 1.807) is 0 Å². The topological polar surface area (TPSA) is 38.5 Å². The van der Waals surface area contributed by atoms with Gasteiger partial charge in [-0.2, -0.15) is 0 Å². The van der Waals surface area contributed by atoms with E-state index < -0.39 is 0 Å². The van der Waals surface area contributed by atoms with Gasteiger partial charge in [0, 0.05) is 36.6 Å². The number of hydrogen-bond donors (Lipinski definition) is 1. The van der Waals surface area contributed by atoms with Gasteiger partial charge in [0.1, 0.15) is 0 Å². The van der Waals surface area contributed by atoms with Crippen LogP contribution in [0.4, 0.5) is 0 Å². The van der Waals surface area contributed by atoms with Crippen LogP contribution in [0.5, 0.6) is 0 Å². The first-order chi connectivity index (χ1) is 8.58. The van der Waals surface area contributed by atoms with Crippen LogP contribution in [0.15, 0.2) is 0 Å². The van der Waals surface area contributed by atoms with E-state index in [4.69, 9.17) is 10.5 Å². The molecule has 1 saturated carbocycles. The van der Waals surface area contributed by atoms with Crippen LogP contribution >= 0.6 is 0 Å². The zero-order chi connectivity index (χ0) is 14.5. The first-order valence-electron chi connectivity index (χ1n) is 7.67. The van der Waals surface area contributed by atoms with Gasteiger partial charge < -0.3 is 15.4 Å². The summed E-state index contributed by atoms with van der Waals surface area (Å²) in [6, 6.07) is 0. The third kappa shape index (κ3) is 2.57. The molecule has 2 fully saturated rings. The maximum atomic E-state index is 6.83. The lowest BCUT2D eigenvalue weighted by molar-refractivity contribution is -0.231. The Morgan fingerprint density at radius 3 is 2.53 bits per heavy atom.